The summed E-state index contributed by atoms with van der Waals surface area (Å²) in [5.41, 5.74) is 2.89. The van der Waals surface area contributed by atoms with Gasteiger partial charge in [-0.2, -0.15) is 5.10 Å². The summed E-state index contributed by atoms with van der Waals surface area (Å²) in [6.07, 6.45) is 1.50. The molecule has 7 heteroatoms. The Morgan fingerprint density at radius 3 is 2.75 bits per heavy atom. The molecule has 0 saturated carbocycles. The molecule has 0 unspecified atom stereocenters. The Morgan fingerprint density at radius 1 is 1.17 bits per heavy atom. The quantitative estimate of drug-likeness (QED) is 0.399. The number of para-hydroxylation sites is 1. The van der Waals surface area contributed by atoms with Gasteiger partial charge in [-0.1, -0.05) is 17.7 Å². The van der Waals surface area contributed by atoms with Gasteiger partial charge in [-0.3, -0.25) is 4.98 Å². The third-order valence-electron chi connectivity index (χ3n) is 3.93. The molecule has 0 aliphatic carbocycles. The van der Waals surface area contributed by atoms with E-state index in [2.05, 4.69) is 21.2 Å². The second-order valence-electron chi connectivity index (χ2n) is 5.28. The van der Waals surface area contributed by atoms with Crippen molar-refractivity contribution in [3.8, 4) is 17.1 Å². The van der Waals surface area contributed by atoms with Gasteiger partial charge in [-0.05, 0) is 24.6 Å². The molecular formula is C17H13FIrN5-. The average molecular weight is 499 g/mol. The number of halogens is 1. The van der Waals surface area contributed by atoms with Crippen LogP contribution in [0.15, 0.2) is 42.7 Å². The Hall–Kier alpha value is -2.37. The van der Waals surface area contributed by atoms with Gasteiger partial charge in [-0.25, -0.2) is 4.39 Å². The number of fused-ring (bicyclic) bond motifs is 1. The predicted octanol–water partition coefficient (Wildman–Crippen LogP) is 3.07. The largest absolute Gasteiger partial charge is 0.371 e. The van der Waals surface area contributed by atoms with Crippen molar-refractivity contribution in [3.63, 3.8) is 0 Å². The third-order valence-corrected chi connectivity index (χ3v) is 3.93. The minimum Gasteiger partial charge on any atom is -0.371 e. The second-order valence-corrected chi connectivity index (χ2v) is 5.28. The molecule has 0 saturated heterocycles. The number of imidazole rings is 1. The number of benzene rings is 2. The van der Waals surface area contributed by atoms with Gasteiger partial charge in [0.25, 0.3) is 0 Å². The molecule has 0 bridgehead atoms. The summed E-state index contributed by atoms with van der Waals surface area (Å²) in [5.74, 6) is 1.09. The Morgan fingerprint density at radius 2 is 1.96 bits per heavy atom. The Kier molecular flexibility index (Phi) is 4.30. The fourth-order valence-corrected chi connectivity index (χ4v) is 2.72. The molecule has 24 heavy (non-hydrogen) atoms. The minimum absolute atomic E-state index is 0. The topological polar surface area (TPSA) is 48.5 Å². The molecule has 2 aromatic carbocycles. The van der Waals surface area contributed by atoms with E-state index >= 15 is 0 Å². The number of aryl methyl sites for hydroxylation is 2. The Labute approximate surface area is 151 Å². The van der Waals surface area contributed by atoms with Gasteiger partial charge in [-0.15, -0.1) is 23.3 Å². The average Bonchev–Trinajstić information content (AvgIpc) is 3.13. The number of nitrogens with zero attached hydrogens (tertiary/aromatic N) is 5. The molecule has 0 aliphatic heterocycles. The third kappa shape index (κ3) is 2.46. The number of rotatable bonds is 2. The fourth-order valence-electron chi connectivity index (χ4n) is 2.72. The zero-order valence-corrected chi connectivity index (χ0v) is 15.4. The van der Waals surface area contributed by atoms with E-state index in [0.29, 0.717) is 11.5 Å². The van der Waals surface area contributed by atoms with Crippen LogP contribution in [0.25, 0.3) is 28.1 Å². The summed E-state index contributed by atoms with van der Waals surface area (Å²) < 4.78 is 17.7. The van der Waals surface area contributed by atoms with Crippen LogP contribution in [0.5, 0.6) is 0 Å². The maximum atomic E-state index is 14.1. The normalized spacial score (nSPS) is 10.8. The van der Waals surface area contributed by atoms with Crippen LogP contribution in [0.2, 0.25) is 0 Å². The SMILES string of the molecule is Cc1nc2cc[c-]c(-c3nncn3-c3ccccc3F)c2n1C.[Ir]. The molecule has 4 aromatic rings. The van der Waals surface area contributed by atoms with Crippen molar-refractivity contribution in [2.75, 3.05) is 0 Å². The van der Waals surface area contributed by atoms with E-state index in [9.17, 15) is 4.39 Å². The van der Waals surface area contributed by atoms with Crippen molar-refractivity contribution >= 4 is 11.0 Å². The predicted molar refractivity (Wildman–Crippen MR) is 84.6 cm³/mol. The molecule has 0 fully saturated rings. The van der Waals surface area contributed by atoms with Crippen LogP contribution in [0.4, 0.5) is 4.39 Å². The first kappa shape index (κ1) is 16.5. The van der Waals surface area contributed by atoms with Crippen LogP contribution >= 0.6 is 0 Å². The summed E-state index contributed by atoms with van der Waals surface area (Å²) in [6.45, 7) is 1.94. The smallest absolute Gasteiger partial charge is 0.146 e. The minimum atomic E-state index is -0.332. The summed E-state index contributed by atoms with van der Waals surface area (Å²) in [6, 6.07) is 13.4. The molecule has 5 nitrogen and oxygen atoms in total. The molecule has 2 aromatic heterocycles. The number of hydrogen-bond acceptors (Lipinski definition) is 3. The van der Waals surface area contributed by atoms with E-state index in [4.69, 9.17) is 0 Å². The molecule has 0 atom stereocenters. The second kappa shape index (κ2) is 6.26. The molecule has 0 amide bonds. The maximum Gasteiger partial charge on any atom is 0.146 e. The van der Waals surface area contributed by atoms with Gasteiger partial charge < -0.3 is 9.13 Å². The van der Waals surface area contributed by atoms with Gasteiger partial charge in [0.05, 0.1) is 17.3 Å². The summed E-state index contributed by atoms with van der Waals surface area (Å²) in [7, 11) is 1.94. The first-order chi connectivity index (χ1) is 11.2. The molecule has 123 valence electrons. The van der Waals surface area contributed by atoms with E-state index in [0.717, 1.165) is 22.4 Å². The molecule has 4 rings (SSSR count). The van der Waals surface area contributed by atoms with Crippen molar-refractivity contribution < 1.29 is 24.5 Å². The van der Waals surface area contributed by atoms with E-state index in [1.54, 1.807) is 28.8 Å². The first-order valence-corrected chi connectivity index (χ1v) is 7.16. The Balaban J connectivity index is 0.00000169. The summed E-state index contributed by atoms with van der Waals surface area (Å²) >= 11 is 0. The molecule has 0 spiro atoms. The molecule has 1 radical (unpaired) electrons. The van der Waals surface area contributed by atoms with Gasteiger partial charge in [0.1, 0.15) is 12.1 Å². The van der Waals surface area contributed by atoms with Crippen molar-refractivity contribution in [2.45, 2.75) is 6.92 Å². The van der Waals surface area contributed by atoms with E-state index in [1.807, 2.05) is 24.6 Å². The van der Waals surface area contributed by atoms with Crippen molar-refractivity contribution in [2.24, 2.45) is 7.05 Å². The van der Waals surface area contributed by atoms with Gasteiger partial charge in [0.2, 0.25) is 0 Å². The van der Waals surface area contributed by atoms with E-state index in [-0.39, 0.29) is 25.9 Å². The standard InChI is InChI=1S/C17H13FN5.Ir/c1-11-20-14-8-5-6-12(16(14)22(11)2)17-21-19-10-23(17)15-9-4-3-7-13(15)18;/h3-5,7-10H,1-2H3;/q-1;. The molecule has 0 N–H and O–H groups in total. The van der Waals surface area contributed by atoms with Crippen LogP contribution in [0.1, 0.15) is 5.82 Å². The van der Waals surface area contributed by atoms with E-state index in [1.165, 1.54) is 12.4 Å². The summed E-state index contributed by atoms with van der Waals surface area (Å²) in [4.78, 5) is 4.51. The van der Waals surface area contributed by atoms with Crippen molar-refractivity contribution in [3.05, 3.63) is 60.4 Å². The maximum absolute atomic E-state index is 14.1. The van der Waals surface area contributed by atoms with Crippen LogP contribution < -0.4 is 0 Å². The summed E-state index contributed by atoms with van der Waals surface area (Å²) in [5, 5.41) is 8.13. The van der Waals surface area contributed by atoms with Crippen LogP contribution in [-0.4, -0.2) is 24.3 Å². The number of aromatic nitrogens is 5. The van der Waals surface area contributed by atoms with Gasteiger partial charge >= 0.3 is 0 Å². The van der Waals surface area contributed by atoms with Crippen molar-refractivity contribution in [1.29, 1.82) is 0 Å². The van der Waals surface area contributed by atoms with Crippen LogP contribution in [-0.2, 0) is 27.2 Å². The van der Waals surface area contributed by atoms with Gasteiger partial charge in [0.15, 0.2) is 0 Å². The number of hydrogen-bond donors (Lipinski definition) is 0. The molecule has 0 aliphatic rings. The zero-order chi connectivity index (χ0) is 16.0. The Bertz CT molecular complexity index is 1020. The monoisotopic (exact) mass is 499 g/mol. The van der Waals surface area contributed by atoms with Crippen LogP contribution in [0.3, 0.4) is 0 Å². The van der Waals surface area contributed by atoms with Gasteiger partial charge in [0, 0.05) is 32.7 Å². The van der Waals surface area contributed by atoms with Crippen molar-refractivity contribution in [1.82, 2.24) is 24.3 Å². The molecule has 2 heterocycles. The fraction of sp³-hybridized carbons (Fsp3) is 0.118. The first-order valence-electron chi connectivity index (χ1n) is 7.16. The molecular weight excluding hydrogens is 485 g/mol. The van der Waals surface area contributed by atoms with Crippen LogP contribution in [0, 0.1) is 18.8 Å². The zero-order valence-electron chi connectivity index (χ0n) is 13.0. The van der Waals surface area contributed by atoms with E-state index < -0.39 is 0 Å².